The molecule has 35 heteroatoms. The monoisotopic (exact) mass is 1590 g/mol. The average molecular weight is 1590 g/mol. The summed E-state index contributed by atoms with van der Waals surface area (Å²) >= 11 is 0. The fraction of sp³-hybridized carbons (Fsp3) is 0.423. The molecule has 113 heavy (non-hydrogen) atoms. The van der Waals surface area contributed by atoms with Gasteiger partial charge in [-0.05, 0) is 146 Å². The number of ether oxygens (including phenoxy) is 8. The van der Waals surface area contributed by atoms with Crippen molar-refractivity contribution >= 4 is 44.5 Å². The van der Waals surface area contributed by atoms with Gasteiger partial charge in [-0.15, -0.1) is 52.7 Å². The Morgan fingerprint density at radius 2 is 0.628 bits per heavy atom. The number of hydrogen-bond acceptors (Lipinski definition) is 19. The van der Waals surface area contributed by atoms with Crippen molar-refractivity contribution < 1.29 is 90.6 Å². The van der Waals surface area contributed by atoms with Crippen LogP contribution in [0.25, 0.3) is 101 Å². The number of halogens is 12. The summed E-state index contributed by atoms with van der Waals surface area (Å²) in [5.41, 5.74) is 12.3. The Kier molecular flexibility index (Phi) is 25.6. The second kappa shape index (κ2) is 34.4. The predicted octanol–water partition coefficient (Wildman–Crippen LogP) is 21.2. The van der Waals surface area contributed by atoms with Crippen LogP contribution in [0.1, 0.15) is 159 Å². The molecule has 0 N–H and O–H groups in total. The van der Waals surface area contributed by atoms with E-state index in [4.69, 9.17) is 54.1 Å². The van der Waals surface area contributed by atoms with Crippen LogP contribution in [0.5, 0.6) is 46.0 Å². The van der Waals surface area contributed by atoms with Gasteiger partial charge in [0.15, 0.2) is 16.9 Å². The third kappa shape index (κ3) is 18.6. The Hall–Kier alpha value is -11.3. The highest BCUT2D eigenvalue weighted by Crippen LogP contribution is 2.45. The second-order valence-corrected chi connectivity index (χ2v) is 26.3. The standard InChI is InChI=1S/C39H41F6N7O4.C20H23F3N4O2.C19H21F3N4O2/c1-9-22(10-2)51-28-17-20(5)31(26-15-13-24(18-29(26)53-7)55-38(40,41)42)47-33(28)34(49-51)35-36-37(52(50-35)23(11-3)12-4)46-21(6)32(48-36)27-16-14-25(19-30(27)54-8)56-39(43,44)45;1-6-13(7-2)27-19-18(12(4)26-27)25-17(11(3)24-19)15-9-8-14(10-16(15)28-5)29-20(21,22)23;1-5-12(6-2)26-18-15(10-23-26)25-17(11(3)24-18)14-8-7-13(9-16(14)27-4)28-19(20,21)22/h13-19,22-23H,9-12H2,1-8H3;8-10,13H,6-7H2,1-5H3;7-10,12H,5-6H2,1-4H3. The van der Waals surface area contributed by atoms with Gasteiger partial charge in [0.05, 0.1) is 110 Å². The number of nitrogens with zero attached hydrogens (tertiary/aromatic N) is 15. The number of fused-ring (bicyclic) bond motifs is 4. The third-order valence-corrected chi connectivity index (χ3v) is 19.1. The number of benzene rings is 4. The number of hydrogen-bond donors (Lipinski definition) is 0. The predicted molar refractivity (Wildman–Crippen MR) is 399 cm³/mol. The molecule has 12 rings (SSSR count). The van der Waals surface area contributed by atoms with E-state index < -0.39 is 36.9 Å². The highest BCUT2D eigenvalue weighted by Gasteiger charge is 2.37. The summed E-state index contributed by atoms with van der Waals surface area (Å²) in [7, 11) is 5.44. The molecule has 8 aromatic heterocycles. The van der Waals surface area contributed by atoms with Crippen molar-refractivity contribution in [2.45, 2.75) is 191 Å². The van der Waals surface area contributed by atoms with E-state index in [-0.39, 0.29) is 58.7 Å². The topological polar surface area (TPSA) is 235 Å². The van der Waals surface area contributed by atoms with Crippen LogP contribution < -0.4 is 37.9 Å². The van der Waals surface area contributed by atoms with Crippen LogP contribution in [-0.4, -0.2) is 128 Å². The SMILES string of the molecule is CCC(CC)n1nc(-c2nn(C(CC)CC)c3nc(C)c(-c4ccc(OC(F)(F)F)cc4OC)nc23)c2nc(-c3ccc(OC(F)(F)F)cc3OC)c(C)cc21.CCC(CC)n1nc(C)c2nc(-c3ccc(OC(F)(F)F)cc3OC)c(C)nc21.CCC(CC)n1ncc2nc(-c3ccc(OC(F)(F)F)cc3OC)c(C)nc21. The third-order valence-electron chi connectivity index (χ3n) is 19.1. The van der Waals surface area contributed by atoms with Crippen molar-refractivity contribution in [1.29, 1.82) is 0 Å². The molecule has 0 radical (unpaired) electrons. The molecule has 0 aliphatic rings. The first-order valence-electron chi connectivity index (χ1n) is 36.4. The van der Waals surface area contributed by atoms with Crippen LogP contribution in [0.4, 0.5) is 52.7 Å². The van der Waals surface area contributed by atoms with Crippen molar-refractivity contribution in [3.8, 4) is 102 Å². The van der Waals surface area contributed by atoms with Crippen molar-refractivity contribution in [1.82, 2.24) is 74.0 Å². The summed E-state index contributed by atoms with van der Waals surface area (Å²) in [5.74, 6) is -0.986. The fourth-order valence-electron chi connectivity index (χ4n) is 13.5. The average Bonchev–Trinajstić information content (AvgIpc) is 1.57. The molecule has 0 aliphatic carbocycles. The Morgan fingerprint density at radius 3 is 1.01 bits per heavy atom. The zero-order valence-electron chi connectivity index (χ0n) is 65.1. The van der Waals surface area contributed by atoms with E-state index >= 15 is 0 Å². The van der Waals surface area contributed by atoms with Crippen LogP contribution in [-0.2, 0) is 0 Å². The van der Waals surface area contributed by atoms with Gasteiger partial charge < -0.3 is 37.9 Å². The number of aromatic nitrogens is 15. The molecule has 0 spiro atoms. The number of pyridine rings is 1. The molecule has 0 bridgehead atoms. The van der Waals surface area contributed by atoms with E-state index in [1.54, 1.807) is 27.0 Å². The lowest BCUT2D eigenvalue weighted by Gasteiger charge is -2.16. The smallest absolute Gasteiger partial charge is 0.496 e. The molecule has 23 nitrogen and oxygen atoms in total. The number of rotatable bonds is 25. The molecular weight excluding hydrogens is 1500 g/mol. The number of alkyl halides is 12. The van der Waals surface area contributed by atoms with E-state index in [2.05, 4.69) is 80.7 Å². The maximum atomic E-state index is 13.1. The summed E-state index contributed by atoms with van der Waals surface area (Å²) in [6.07, 6.45) is -11.1. The van der Waals surface area contributed by atoms with E-state index in [0.717, 1.165) is 69.2 Å². The van der Waals surface area contributed by atoms with Crippen LogP contribution in [0, 0.1) is 34.6 Å². The summed E-state index contributed by atoms with van der Waals surface area (Å²) in [6.45, 7) is 25.6. The van der Waals surface area contributed by atoms with E-state index in [0.29, 0.717) is 124 Å². The summed E-state index contributed by atoms with van der Waals surface area (Å²) < 4.78 is 199. The molecule has 0 atom stereocenters. The van der Waals surface area contributed by atoms with Crippen LogP contribution >= 0.6 is 0 Å². The first-order chi connectivity index (χ1) is 53.5. The van der Waals surface area contributed by atoms with E-state index in [1.165, 1.54) is 89.1 Å². The normalized spacial score (nSPS) is 12.2. The minimum absolute atomic E-state index is 0.0235. The minimum Gasteiger partial charge on any atom is -0.496 e. The highest BCUT2D eigenvalue weighted by molar-refractivity contribution is 5.99. The molecule has 0 saturated heterocycles. The molecule has 604 valence electrons. The molecule has 4 aromatic carbocycles. The van der Waals surface area contributed by atoms with Crippen molar-refractivity contribution in [2.75, 3.05) is 28.4 Å². The van der Waals surface area contributed by atoms with Crippen LogP contribution in [0.2, 0.25) is 0 Å². The largest absolute Gasteiger partial charge is 0.573 e. The van der Waals surface area contributed by atoms with Gasteiger partial charge in [-0.1, -0.05) is 55.4 Å². The summed E-state index contributed by atoms with van der Waals surface area (Å²) in [5, 5.41) is 19.3. The summed E-state index contributed by atoms with van der Waals surface area (Å²) in [6, 6.07) is 17.7. The van der Waals surface area contributed by atoms with E-state index in [9.17, 15) is 52.7 Å². The zero-order valence-corrected chi connectivity index (χ0v) is 65.1. The molecule has 0 saturated carbocycles. The molecule has 8 heterocycles. The van der Waals surface area contributed by atoms with Crippen molar-refractivity contribution in [3.63, 3.8) is 0 Å². The number of methoxy groups -OCH3 is 4. The highest BCUT2D eigenvalue weighted by atomic mass is 19.4. The fourth-order valence-corrected chi connectivity index (χ4v) is 13.5. The van der Waals surface area contributed by atoms with Gasteiger partial charge >= 0.3 is 25.4 Å². The summed E-state index contributed by atoms with van der Waals surface area (Å²) in [4.78, 5) is 33.9. The van der Waals surface area contributed by atoms with Gasteiger partial charge in [-0.3, -0.25) is 4.68 Å². The quantitative estimate of drug-likeness (QED) is 0.0484. The molecule has 0 fully saturated rings. The Labute approximate surface area is 641 Å². The van der Waals surface area contributed by atoms with Crippen molar-refractivity contribution in [2.24, 2.45) is 0 Å². The van der Waals surface area contributed by atoms with Crippen LogP contribution in [0.3, 0.4) is 0 Å². The molecule has 12 aromatic rings. The number of aryl methyl sites for hydroxylation is 5. The zero-order chi connectivity index (χ0) is 82.5. The van der Waals surface area contributed by atoms with Crippen LogP contribution in [0.15, 0.2) is 85.1 Å². The Bertz CT molecular complexity index is 5200. The van der Waals surface area contributed by atoms with E-state index in [1.807, 2.05) is 52.5 Å². The first kappa shape index (κ1) is 84.2. The van der Waals surface area contributed by atoms with Crippen molar-refractivity contribution in [3.05, 3.63) is 113 Å². The molecule has 0 aliphatic heterocycles. The maximum Gasteiger partial charge on any atom is 0.573 e. The van der Waals surface area contributed by atoms with Gasteiger partial charge in [0, 0.05) is 46.5 Å². The molecular formula is C78H85F12N15O8. The van der Waals surface area contributed by atoms with Gasteiger partial charge in [0.1, 0.15) is 79.5 Å². The Balaban J connectivity index is 0.000000199. The minimum atomic E-state index is -4.90. The second-order valence-electron chi connectivity index (χ2n) is 26.3. The molecule has 0 unspecified atom stereocenters. The lowest BCUT2D eigenvalue weighted by molar-refractivity contribution is -0.275. The maximum absolute atomic E-state index is 13.1. The van der Waals surface area contributed by atoms with Gasteiger partial charge in [-0.25, -0.2) is 48.9 Å². The Morgan fingerprint density at radius 1 is 0.319 bits per heavy atom. The lowest BCUT2D eigenvalue weighted by Crippen LogP contribution is -2.17. The van der Waals surface area contributed by atoms with Gasteiger partial charge in [0.2, 0.25) is 0 Å². The first-order valence-corrected chi connectivity index (χ1v) is 36.4. The molecule has 0 amide bonds. The van der Waals surface area contributed by atoms with Gasteiger partial charge in [-0.2, -0.15) is 20.4 Å². The van der Waals surface area contributed by atoms with Gasteiger partial charge in [0.25, 0.3) is 0 Å². The lowest BCUT2D eigenvalue weighted by atomic mass is 10.0.